The molecule has 6 nitrogen and oxygen atoms in total. The van der Waals surface area contributed by atoms with E-state index in [2.05, 4.69) is 31.1 Å². The Labute approximate surface area is 106 Å². The van der Waals surface area contributed by atoms with Crippen LogP contribution in [0.2, 0.25) is 0 Å². The van der Waals surface area contributed by atoms with Crippen molar-refractivity contribution in [2.24, 2.45) is 5.73 Å². The van der Waals surface area contributed by atoms with Crippen molar-refractivity contribution in [3.8, 4) is 11.4 Å². The van der Waals surface area contributed by atoms with Gasteiger partial charge in [0.15, 0.2) is 0 Å². The summed E-state index contributed by atoms with van der Waals surface area (Å²) in [5, 5.41) is 3.85. The largest absolute Gasteiger partial charge is 0.370 e. The van der Waals surface area contributed by atoms with E-state index >= 15 is 0 Å². The molecule has 0 saturated carbocycles. The summed E-state index contributed by atoms with van der Waals surface area (Å²) in [6.07, 6.45) is 3.36. The van der Waals surface area contributed by atoms with Crippen LogP contribution in [0.1, 0.15) is 5.89 Å². The van der Waals surface area contributed by atoms with Gasteiger partial charge in [0.05, 0.1) is 6.61 Å². The van der Waals surface area contributed by atoms with Gasteiger partial charge >= 0.3 is 0 Å². The minimum atomic E-state index is 0.269. The zero-order valence-corrected chi connectivity index (χ0v) is 10.6. The molecule has 0 bridgehead atoms. The summed E-state index contributed by atoms with van der Waals surface area (Å²) in [7, 11) is 0. The van der Waals surface area contributed by atoms with E-state index in [-0.39, 0.29) is 6.61 Å². The third-order valence-corrected chi connectivity index (χ3v) is 2.35. The summed E-state index contributed by atoms with van der Waals surface area (Å²) in [6, 6.07) is 1.86. The van der Waals surface area contributed by atoms with Crippen LogP contribution in [0.3, 0.4) is 0 Å². The van der Waals surface area contributed by atoms with Crippen molar-refractivity contribution in [1.82, 2.24) is 15.1 Å². The van der Waals surface area contributed by atoms with Crippen LogP contribution < -0.4 is 5.73 Å². The number of ether oxygens (including phenoxy) is 1. The molecule has 0 unspecified atom stereocenters. The Morgan fingerprint density at radius 2 is 2.29 bits per heavy atom. The molecule has 90 valence electrons. The lowest BCUT2D eigenvalue weighted by molar-refractivity contribution is 0.104. The van der Waals surface area contributed by atoms with Crippen molar-refractivity contribution in [3.63, 3.8) is 0 Å². The Morgan fingerprint density at radius 1 is 1.41 bits per heavy atom. The number of aromatic nitrogens is 3. The van der Waals surface area contributed by atoms with Gasteiger partial charge in [0.25, 0.3) is 5.89 Å². The second-order valence-electron chi connectivity index (χ2n) is 3.24. The molecule has 2 N–H and O–H groups in total. The van der Waals surface area contributed by atoms with Gasteiger partial charge in [-0.15, -0.1) is 0 Å². The Hall–Kier alpha value is -1.31. The van der Waals surface area contributed by atoms with Crippen LogP contribution in [0, 0.1) is 0 Å². The van der Waals surface area contributed by atoms with E-state index in [0.717, 1.165) is 10.0 Å². The maximum absolute atomic E-state index is 5.30. The van der Waals surface area contributed by atoms with Gasteiger partial charge in [-0.1, -0.05) is 5.16 Å². The average Bonchev–Trinajstić information content (AvgIpc) is 2.78. The molecule has 0 fully saturated rings. The quantitative estimate of drug-likeness (QED) is 0.839. The highest BCUT2D eigenvalue weighted by molar-refractivity contribution is 9.10. The van der Waals surface area contributed by atoms with Crippen molar-refractivity contribution in [2.45, 2.75) is 6.61 Å². The molecule has 17 heavy (non-hydrogen) atoms. The molecule has 2 aromatic rings. The highest BCUT2D eigenvalue weighted by Crippen LogP contribution is 2.18. The van der Waals surface area contributed by atoms with E-state index in [0.29, 0.717) is 24.9 Å². The van der Waals surface area contributed by atoms with Gasteiger partial charge in [0, 0.05) is 29.0 Å². The maximum Gasteiger partial charge on any atom is 0.252 e. The second kappa shape index (κ2) is 5.85. The molecule has 0 aliphatic heterocycles. The van der Waals surface area contributed by atoms with Gasteiger partial charge in [0.1, 0.15) is 6.61 Å². The van der Waals surface area contributed by atoms with E-state index in [4.69, 9.17) is 15.0 Å². The first kappa shape index (κ1) is 12.2. The Kier molecular flexibility index (Phi) is 4.18. The van der Waals surface area contributed by atoms with E-state index in [9.17, 15) is 0 Å². The van der Waals surface area contributed by atoms with Crippen LogP contribution in [0.4, 0.5) is 0 Å². The SMILES string of the molecule is NCCOCc1nc(-c2cncc(Br)c2)no1. The summed E-state index contributed by atoms with van der Waals surface area (Å²) in [5.74, 6) is 0.915. The van der Waals surface area contributed by atoms with E-state index in [1.54, 1.807) is 12.4 Å². The molecule has 0 atom stereocenters. The third kappa shape index (κ3) is 3.32. The summed E-state index contributed by atoms with van der Waals surface area (Å²) in [4.78, 5) is 8.22. The first-order chi connectivity index (χ1) is 8.29. The molecule has 0 saturated heterocycles. The summed E-state index contributed by atoms with van der Waals surface area (Å²) in [5.41, 5.74) is 6.09. The van der Waals surface area contributed by atoms with Crippen LogP contribution >= 0.6 is 15.9 Å². The summed E-state index contributed by atoms with van der Waals surface area (Å²) < 4.78 is 11.1. The van der Waals surface area contributed by atoms with Gasteiger partial charge < -0.3 is 15.0 Å². The molecule has 2 rings (SSSR count). The molecule has 7 heteroatoms. The predicted octanol–water partition coefficient (Wildman–Crippen LogP) is 1.37. The highest BCUT2D eigenvalue weighted by atomic mass is 79.9. The van der Waals surface area contributed by atoms with Crippen LogP contribution in [0.5, 0.6) is 0 Å². The Bertz CT molecular complexity index is 489. The minimum absolute atomic E-state index is 0.269. The summed E-state index contributed by atoms with van der Waals surface area (Å²) >= 11 is 3.33. The first-order valence-electron chi connectivity index (χ1n) is 5.01. The maximum atomic E-state index is 5.30. The van der Waals surface area contributed by atoms with Crippen molar-refractivity contribution in [3.05, 3.63) is 28.8 Å². The molecule has 0 amide bonds. The van der Waals surface area contributed by atoms with Crippen molar-refractivity contribution in [2.75, 3.05) is 13.2 Å². The van der Waals surface area contributed by atoms with E-state index in [1.807, 2.05) is 6.07 Å². The number of nitrogens with two attached hydrogens (primary N) is 1. The molecule has 0 aromatic carbocycles. The number of halogens is 1. The standard InChI is InChI=1S/C10H11BrN4O2/c11-8-3-7(4-13-5-8)10-14-9(17-15-10)6-16-2-1-12/h3-5H,1-2,6,12H2. The number of hydrogen-bond donors (Lipinski definition) is 1. The first-order valence-corrected chi connectivity index (χ1v) is 5.80. The van der Waals surface area contributed by atoms with Crippen LogP contribution in [-0.2, 0) is 11.3 Å². The van der Waals surface area contributed by atoms with Crippen molar-refractivity contribution >= 4 is 15.9 Å². The lowest BCUT2D eigenvalue weighted by atomic mass is 10.3. The van der Waals surface area contributed by atoms with Crippen molar-refractivity contribution < 1.29 is 9.26 Å². The van der Waals surface area contributed by atoms with E-state index < -0.39 is 0 Å². The zero-order chi connectivity index (χ0) is 12.1. The lowest BCUT2D eigenvalue weighted by Crippen LogP contribution is -2.08. The number of nitrogens with zero attached hydrogens (tertiary/aromatic N) is 3. The number of hydrogen-bond acceptors (Lipinski definition) is 6. The highest BCUT2D eigenvalue weighted by Gasteiger charge is 2.09. The normalized spacial score (nSPS) is 10.7. The molecule has 2 aromatic heterocycles. The minimum Gasteiger partial charge on any atom is -0.370 e. The molecule has 0 radical (unpaired) electrons. The van der Waals surface area contributed by atoms with Crippen LogP contribution in [0.15, 0.2) is 27.5 Å². The number of pyridine rings is 1. The van der Waals surface area contributed by atoms with Crippen LogP contribution in [-0.4, -0.2) is 28.3 Å². The lowest BCUT2D eigenvalue weighted by Gasteiger charge is -1.95. The third-order valence-electron chi connectivity index (χ3n) is 1.92. The fourth-order valence-corrected chi connectivity index (χ4v) is 1.57. The topological polar surface area (TPSA) is 87.1 Å². The molecular formula is C10H11BrN4O2. The zero-order valence-electron chi connectivity index (χ0n) is 8.97. The van der Waals surface area contributed by atoms with Gasteiger partial charge in [-0.2, -0.15) is 4.98 Å². The fourth-order valence-electron chi connectivity index (χ4n) is 1.21. The monoisotopic (exact) mass is 298 g/mol. The predicted molar refractivity (Wildman–Crippen MR) is 63.9 cm³/mol. The average molecular weight is 299 g/mol. The Balaban J connectivity index is 2.07. The molecule has 0 aliphatic rings. The fraction of sp³-hybridized carbons (Fsp3) is 0.300. The summed E-state index contributed by atoms with van der Waals surface area (Å²) in [6.45, 7) is 1.21. The smallest absolute Gasteiger partial charge is 0.252 e. The molecule has 2 heterocycles. The second-order valence-corrected chi connectivity index (χ2v) is 4.16. The van der Waals surface area contributed by atoms with Crippen LogP contribution in [0.25, 0.3) is 11.4 Å². The van der Waals surface area contributed by atoms with Gasteiger partial charge in [0.2, 0.25) is 5.82 Å². The van der Waals surface area contributed by atoms with E-state index in [1.165, 1.54) is 0 Å². The Morgan fingerprint density at radius 3 is 3.06 bits per heavy atom. The number of rotatable bonds is 5. The molecular weight excluding hydrogens is 288 g/mol. The molecule has 0 spiro atoms. The van der Waals surface area contributed by atoms with Crippen molar-refractivity contribution in [1.29, 1.82) is 0 Å². The van der Waals surface area contributed by atoms with Gasteiger partial charge in [-0.3, -0.25) is 4.98 Å². The van der Waals surface area contributed by atoms with Gasteiger partial charge in [-0.05, 0) is 22.0 Å². The molecule has 0 aliphatic carbocycles. The van der Waals surface area contributed by atoms with Gasteiger partial charge in [-0.25, -0.2) is 0 Å².